The van der Waals surface area contributed by atoms with Crippen LogP contribution in [-0.2, 0) is 12.6 Å². The number of hydrogen-bond acceptors (Lipinski definition) is 4. The number of amides is 1. The molecule has 0 aromatic carbocycles. The zero-order valence-electron chi connectivity index (χ0n) is 10.3. The van der Waals surface area contributed by atoms with Gasteiger partial charge in [-0.1, -0.05) is 6.07 Å². The van der Waals surface area contributed by atoms with E-state index in [2.05, 4.69) is 10.4 Å². The van der Waals surface area contributed by atoms with Crippen LogP contribution in [0.4, 0.5) is 0 Å². The molecule has 5 nitrogen and oxygen atoms in total. The van der Waals surface area contributed by atoms with Crippen molar-refractivity contribution in [3.8, 4) is 0 Å². The molecule has 2 aromatic rings. The van der Waals surface area contributed by atoms with Crippen molar-refractivity contribution in [3.63, 3.8) is 0 Å². The Kier molecular flexibility index (Phi) is 3.49. The Hall–Kier alpha value is -1.66. The number of carbonyl (C=O) groups is 1. The Bertz CT molecular complexity index is 531. The number of aryl methyl sites for hydroxylation is 1. The molecule has 2 aromatic heterocycles. The first-order valence-corrected chi connectivity index (χ1v) is 6.40. The summed E-state index contributed by atoms with van der Waals surface area (Å²) < 4.78 is 1.62. The van der Waals surface area contributed by atoms with E-state index in [1.165, 1.54) is 11.3 Å². The maximum Gasteiger partial charge on any atom is 0.261 e. The molecule has 0 spiro atoms. The van der Waals surface area contributed by atoms with Crippen LogP contribution in [0.25, 0.3) is 0 Å². The number of carbonyl (C=O) groups excluding carboxylic acids is 1. The average molecular weight is 265 g/mol. The van der Waals surface area contributed by atoms with E-state index < -0.39 is 5.60 Å². The summed E-state index contributed by atoms with van der Waals surface area (Å²) in [5, 5.41) is 18.8. The van der Waals surface area contributed by atoms with Gasteiger partial charge < -0.3 is 10.4 Å². The number of nitrogens with one attached hydrogen (secondary N) is 1. The topological polar surface area (TPSA) is 67.2 Å². The summed E-state index contributed by atoms with van der Waals surface area (Å²) in [5.41, 5.74) is -0.447. The molecule has 0 saturated heterocycles. The molecule has 2 rings (SSSR count). The van der Waals surface area contributed by atoms with E-state index in [0.29, 0.717) is 10.4 Å². The monoisotopic (exact) mass is 265 g/mol. The summed E-state index contributed by atoms with van der Waals surface area (Å²) in [6, 6.07) is 3.57. The van der Waals surface area contributed by atoms with Gasteiger partial charge in [0.2, 0.25) is 0 Å². The van der Waals surface area contributed by atoms with Crippen molar-refractivity contribution in [3.05, 3.63) is 40.3 Å². The fourth-order valence-corrected chi connectivity index (χ4v) is 2.19. The number of thiophene rings is 1. The number of nitrogens with zero attached hydrogens (tertiary/aromatic N) is 2. The van der Waals surface area contributed by atoms with Crippen molar-refractivity contribution in [1.82, 2.24) is 15.1 Å². The molecule has 1 atom stereocenters. The van der Waals surface area contributed by atoms with Crippen molar-refractivity contribution in [1.29, 1.82) is 0 Å². The van der Waals surface area contributed by atoms with E-state index >= 15 is 0 Å². The van der Waals surface area contributed by atoms with Crippen LogP contribution >= 0.6 is 11.3 Å². The van der Waals surface area contributed by atoms with Crippen LogP contribution in [0.1, 0.15) is 22.2 Å². The van der Waals surface area contributed by atoms with Crippen molar-refractivity contribution in [2.45, 2.75) is 12.5 Å². The highest BCUT2D eigenvalue weighted by molar-refractivity contribution is 7.12. The average Bonchev–Trinajstić information content (AvgIpc) is 2.96. The summed E-state index contributed by atoms with van der Waals surface area (Å²) in [5.74, 6) is -0.172. The Balaban J connectivity index is 1.99. The summed E-state index contributed by atoms with van der Waals surface area (Å²) in [4.78, 5) is 12.4. The molecule has 0 aliphatic heterocycles. The van der Waals surface area contributed by atoms with E-state index in [9.17, 15) is 9.90 Å². The standard InChI is InChI=1S/C12H15N3O2S/c1-12(17,9-6-14-15(2)7-9)8-13-11(16)10-4-3-5-18-10/h3-7,17H,8H2,1-2H3,(H,13,16). The number of aromatic nitrogens is 2. The van der Waals surface area contributed by atoms with Gasteiger partial charge in [-0.3, -0.25) is 9.48 Å². The second-order valence-corrected chi connectivity index (χ2v) is 5.28. The number of rotatable bonds is 4. The van der Waals surface area contributed by atoms with Crippen LogP contribution in [0.3, 0.4) is 0 Å². The Labute approximate surface area is 109 Å². The highest BCUT2D eigenvalue weighted by atomic mass is 32.1. The summed E-state index contributed by atoms with van der Waals surface area (Å²) >= 11 is 1.37. The van der Waals surface area contributed by atoms with E-state index in [1.54, 1.807) is 37.1 Å². The van der Waals surface area contributed by atoms with Gasteiger partial charge in [-0.15, -0.1) is 11.3 Å². The molecule has 0 aliphatic rings. The van der Waals surface area contributed by atoms with E-state index in [0.717, 1.165) is 0 Å². The minimum Gasteiger partial charge on any atom is -0.383 e. The summed E-state index contributed by atoms with van der Waals surface area (Å²) in [6.07, 6.45) is 3.33. The third-order valence-corrected chi connectivity index (χ3v) is 3.53. The maximum atomic E-state index is 11.8. The second-order valence-electron chi connectivity index (χ2n) is 4.34. The number of aliphatic hydroxyl groups is 1. The lowest BCUT2D eigenvalue weighted by molar-refractivity contribution is 0.0527. The maximum absolute atomic E-state index is 11.8. The smallest absolute Gasteiger partial charge is 0.261 e. The van der Waals surface area contributed by atoms with E-state index in [1.807, 2.05) is 11.4 Å². The lowest BCUT2D eigenvalue weighted by Crippen LogP contribution is -2.38. The van der Waals surface area contributed by atoms with Crippen molar-refractivity contribution < 1.29 is 9.90 Å². The minimum atomic E-state index is -1.12. The Morgan fingerprint density at radius 2 is 2.44 bits per heavy atom. The summed E-state index contributed by atoms with van der Waals surface area (Å²) in [6.45, 7) is 1.80. The minimum absolute atomic E-state index is 0.148. The Morgan fingerprint density at radius 1 is 1.67 bits per heavy atom. The van der Waals surface area contributed by atoms with Crippen LogP contribution in [0, 0.1) is 0 Å². The molecule has 2 heterocycles. The molecule has 0 aliphatic carbocycles. The largest absolute Gasteiger partial charge is 0.383 e. The van der Waals surface area contributed by atoms with Crippen LogP contribution in [-0.4, -0.2) is 27.3 Å². The summed E-state index contributed by atoms with van der Waals surface area (Å²) in [7, 11) is 1.78. The highest BCUT2D eigenvalue weighted by Crippen LogP contribution is 2.19. The van der Waals surface area contributed by atoms with Crippen molar-refractivity contribution in [2.75, 3.05) is 6.54 Å². The molecule has 0 bridgehead atoms. The van der Waals surface area contributed by atoms with Crippen LogP contribution in [0.2, 0.25) is 0 Å². The molecule has 1 amide bonds. The Morgan fingerprint density at radius 3 is 3.00 bits per heavy atom. The van der Waals surface area contributed by atoms with Crippen LogP contribution < -0.4 is 5.32 Å². The van der Waals surface area contributed by atoms with Gasteiger partial charge in [0.1, 0.15) is 5.60 Å². The van der Waals surface area contributed by atoms with Gasteiger partial charge in [-0.25, -0.2) is 0 Å². The molecular weight excluding hydrogens is 250 g/mol. The second kappa shape index (κ2) is 4.91. The zero-order valence-corrected chi connectivity index (χ0v) is 11.1. The molecule has 0 fully saturated rings. The van der Waals surface area contributed by atoms with Gasteiger partial charge in [0, 0.05) is 18.8 Å². The van der Waals surface area contributed by atoms with Crippen molar-refractivity contribution >= 4 is 17.2 Å². The zero-order chi connectivity index (χ0) is 13.2. The third kappa shape index (κ3) is 2.77. The quantitative estimate of drug-likeness (QED) is 0.870. The molecule has 96 valence electrons. The fraction of sp³-hybridized carbons (Fsp3) is 0.333. The number of hydrogen-bond donors (Lipinski definition) is 2. The van der Waals surface area contributed by atoms with Gasteiger partial charge >= 0.3 is 0 Å². The SMILES string of the molecule is Cn1cc(C(C)(O)CNC(=O)c2cccs2)cn1. The highest BCUT2D eigenvalue weighted by Gasteiger charge is 2.25. The van der Waals surface area contributed by atoms with Gasteiger partial charge in [0.15, 0.2) is 0 Å². The van der Waals surface area contributed by atoms with Gasteiger partial charge in [0.05, 0.1) is 17.6 Å². The van der Waals surface area contributed by atoms with Crippen LogP contribution in [0.15, 0.2) is 29.9 Å². The molecule has 0 radical (unpaired) electrons. The third-order valence-electron chi connectivity index (χ3n) is 2.66. The first kappa shape index (κ1) is 12.8. The lowest BCUT2D eigenvalue weighted by Gasteiger charge is -2.22. The normalized spacial score (nSPS) is 14.2. The van der Waals surface area contributed by atoms with Crippen molar-refractivity contribution in [2.24, 2.45) is 7.05 Å². The lowest BCUT2D eigenvalue weighted by atomic mass is 10.00. The fourth-order valence-electron chi connectivity index (χ4n) is 1.55. The first-order valence-electron chi connectivity index (χ1n) is 5.52. The molecule has 18 heavy (non-hydrogen) atoms. The van der Waals surface area contributed by atoms with Gasteiger partial charge in [-0.2, -0.15) is 5.10 Å². The van der Waals surface area contributed by atoms with Gasteiger partial charge in [-0.05, 0) is 18.4 Å². The predicted octanol–water partition coefficient (Wildman–Crippen LogP) is 1.12. The predicted molar refractivity (Wildman–Crippen MR) is 69.4 cm³/mol. The molecule has 1 unspecified atom stereocenters. The van der Waals surface area contributed by atoms with Crippen LogP contribution in [0.5, 0.6) is 0 Å². The molecule has 2 N–H and O–H groups in total. The molecule has 6 heteroatoms. The van der Waals surface area contributed by atoms with E-state index in [4.69, 9.17) is 0 Å². The van der Waals surface area contributed by atoms with E-state index in [-0.39, 0.29) is 12.5 Å². The van der Waals surface area contributed by atoms with Gasteiger partial charge in [0.25, 0.3) is 5.91 Å². The molecule has 0 saturated carbocycles. The molecular formula is C12H15N3O2S. The first-order chi connectivity index (χ1) is 8.49.